The van der Waals surface area contributed by atoms with Crippen LogP contribution in [0.4, 0.5) is 0 Å². The molecule has 1 N–H and O–H groups in total. The number of rotatable bonds is 3. The molecule has 16 heavy (non-hydrogen) atoms. The largest absolute Gasteiger partial charge is 0.311 e. The zero-order chi connectivity index (χ0) is 11.6. The summed E-state index contributed by atoms with van der Waals surface area (Å²) < 4.78 is 0. The average molecular weight is 223 g/mol. The first kappa shape index (κ1) is 12.4. The maximum Gasteiger partial charge on any atom is 0.00700 e. The fraction of sp³-hybridized carbons (Fsp3) is 1.00. The molecule has 0 saturated heterocycles. The van der Waals surface area contributed by atoms with Crippen LogP contribution in [0.3, 0.4) is 0 Å². The molecular formula is C15H29N. The molecule has 2 rings (SSSR count). The van der Waals surface area contributed by atoms with Crippen molar-refractivity contribution in [3.63, 3.8) is 0 Å². The van der Waals surface area contributed by atoms with Gasteiger partial charge in [-0.15, -0.1) is 0 Å². The third-order valence-electron chi connectivity index (χ3n) is 4.94. The van der Waals surface area contributed by atoms with Gasteiger partial charge in [0.15, 0.2) is 0 Å². The van der Waals surface area contributed by atoms with Crippen LogP contribution in [0, 0.1) is 11.3 Å². The highest BCUT2D eigenvalue weighted by atomic mass is 15.0. The predicted molar refractivity (Wildman–Crippen MR) is 70.6 cm³/mol. The summed E-state index contributed by atoms with van der Waals surface area (Å²) in [6.07, 6.45) is 11.5. The van der Waals surface area contributed by atoms with Crippen molar-refractivity contribution >= 4 is 0 Å². The van der Waals surface area contributed by atoms with Gasteiger partial charge in [0.2, 0.25) is 0 Å². The lowest BCUT2D eigenvalue weighted by Gasteiger charge is -2.37. The van der Waals surface area contributed by atoms with E-state index in [0.29, 0.717) is 5.41 Å². The van der Waals surface area contributed by atoms with Gasteiger partial charge < -0.3 is 5.32 Å². The van der Waals surface area contributed by atoms with Gasteiger partial charge in [0, 0.05) is 12.1 Å². The van der Waals surface area contributed by atoms with Gasteiger partial charge in [-0.3, -0.25) is 0 Å². The Labute approximate surface area is 101 Å². The fourth-order valence-corrected chi connectivity index (χ4v) is 3.53. The molecule has 0 aromatic carbocycles. The van der Waals surface area contributed by atoms with Crippen molar-refractivity contribution in [2.24, 2.45) is 11.3 Å². The van der Waals surface area contributed by atoms with E-state index in [2.05, 4.69) is 26.1 Å². The van der Waals surface area contributed by atoms with E-state index in [1.165, 1.54) is 51.4 Å². The minimum absolute atomic E-state index is 0.606. The molecule has 0 spiro atoms. The molecule has 0 unspecified atom stereocenters. The van der Waals surface area contributed by atoms with Crippen molar-refractivity contribution in [3.8, 4) is 0 Å². The minimum Gasteiger partial charge on any atom is -0.311 e. The smallest absolute Gasteiger partial charge is 0.00700 e. The van der Waals surface area contributed by atoms with Crippen molar-refractivity contribution < 1.29 is 0 Å². The zero-order valence-corrected chi connectivity index (χ0v) is 11.4. The van der Waals surface area contributed by atoms with Crippen LogP contribution in [-0.2, 0) is 0 Å². The third kappa shape index (κ3) is 3.23. The first-order valence-electron chi connectivity index (χ1n) is 7.33. The van der Waals surface area contributed by atoms with Gasteiger partial charge in [-0.1, -0.05) is 26.7 Å². The molecule has 2 saturated carbocycles. The second-order valence-electron chi connectivity index (χ2n) is 6.94. The van der Waals surface area contributed by atoms with Gasteiger partial charge in [-0.05, 0) is 56.8 Å². The van der Waals surface area contributed by atoms with Crippen LogP contribution in [0.15, 0.2) is 0 Å². The van der Waals surface area contributed by atoms with E-state index in [1.54, 1.807) is 0 Å². The number of nitrogens with one attached hydrogen (secondary N) is 1. The normalized spacial score (nSPS) is 29.4. The molecule has 0 aliphatic heterocycles. The summed E-state index contributed by atoms with van der Waals surface area (Å²) in [6, 6.07) is 1.57. The Morgan fingerprint density at radius 1 is 1.00 bits per heavy atom. The molecule has 0 radical (unpaired) electrons. The first-order valence-corrected chi connectivity index (χ1v) is 7.33. The molecule has 0 bridgehead atoms. The topological polar surface area (TPSA) is 12.0 Å². The fourth-order valence-electron chi connectivity index (χ4n) is 3.53. The molecule has 0 aromatic heterocycles. The monoisotopic (exact) mass is 223 g/mol. The standard InChI is InChI=1S/C15H29N/c1-12(13-6-4-5-7-13)16-14-8-10-15(2,3)11-9-14/h12-14,16H,4-11H2,1-3H3/t12-/m1/s1. The molecular weight excluding hydrogens is 194 g/mol. The van der Waals surface area contributed by atoms with Crippen molar-refractivity contribution in [1.29, 1.82) is 0 Å². The lowest BCUT2D eigenvalue weighted by atomic mass is 9.75. The van der Waals surface area contributed by atoms with Crippen LogP contribution < -0.4 is 5.32 Å². The third-order valence-corrected chi connectivity index (χ3v) is 4.94. The highest BCUT2D eigenvalue weighted by Crippen LogP contribution is 2.36. The summed E-state index contributed by atoms with van der Waals surface area (Å²) in [7, 11) is 0. The molecule has 1 atom stereocenters. The van der Waals surface area contributed by atoms with Gasteiger partial charge in [0.05, 0.1) is 0 Å². The molecule has 1 nitrogen and oxygen atoms in total. The summed E-state index contributed by atoms with van der Waals surface area (Å²) in [6.45, 7) is 7.25. The Balaban J connectivity index is 1.73. The summed E-state index contributed by atoms with van der Waals surface area (Å²) in [5.74, 6) is 0.968. The maximum absolute atomic E-state index is 3.90. The molecule has 1 heteroatoms. The van der Waals surface area contributed by atoms with Crippen molar-refractivity contribution in [1.82, 2.24) is 5.32 Å². The van der Waals surface area contributed by atoms with Crippen molar-refractivity contribution in [2.75, 3.05) is 0 Å². The molecule has 0 heterocycles. The highest BCUT2D eigenvalue weighted by molar-refractivity contribution is 4.86. The molecule has 2 aliphatic carbocycles. The SMILES string of the molecule is C[C@@H](NC1CCC(C)(C)CC1)C1CCCC1. The van der Waals surface area contributed by atoms with Crippen LogP contribution in [0.1, 0.15) is 72.1 Å². The second kappa shape index (κ2) is 5.08. The van der Waals surface area contributed by atoms with Gasteiger partial charge in [0.25, 0.3) is 0 Å². The van der Waals surface area contributed by atoms with Crippen LogP contribution in [0.5, 0.6) is 0 Å². The predicted octanol–water partition coefficient (Wildman–Crippen LogP) is 4.12. The zero-order valence-electron chi connectivity index (χ0n) is 11.4. The second-order valence-corrected chi connectivity index (χ2v) is 6.94. The van der Waals surface area contributed by atoms with Gasteiger partial charge in [0.1, 0.15) is 0 Å². The van der Waals surface area contributed by atoms with Gasteiger partial charge in [-0.2, -0.15) is 0 Å². The van der Waals surface area contributed by atoms with E-state index in [9.17, 15) is 0 Å². The van der Waals surface area contributed by atoms with E-state index < -0.39 is 0 Å². The lowest BCUT2D eigenvalue weighted by Crippen LogP contribution is -2.43. The Kier molecular flexibility index (Phi) is 3.94. The van der Waals surface area contributed by atoms with E-state index in [1.807, 2.05) is 0 Å². The molecule has 2 fully saturated rings. The Hall–Kier alpha value is -0.0400. The van der Waals surface area contributed by atoms with Crippen LogP contribution in [-0.4, -0.2) is 12.1 Å². The van der Waals surface area contributed by atoms with Gasteiger partial charge in [-0.25, -0.2) is 0 Å². The van der Waals surface area contributed by atoms with Crippen LogP contribution in [0.25, 0.3) is 0 Å². The average Bonchev–Trinajstić information content (AvgIpc) is 2.74. The molecule has 0 aromatic rings. The van der Waals surface area contributed by atoms with E-state index in [0.717, 1.165) is 18.0 Å². The summed E-state index contributed by atoms with van der Waals surface area (Å²) in [4.78, 5) is 0. The molecule has 0 amide bonds. The molecule has 2 aliphatic rings. The first-order chi connectivity index (χ1) is 7.57. The number of hydrogen-bond acceptors (Lipinski definition) is 1. The van der Waals surface area contributed by atoms with E-state index in [-0.39, 0.29) is 0 Å². The van der Waals surface area contributed by atoms with Crippen LogP contribution >= 0.6 is 0 Å². The lowest BCUT2D eigenvalue weighted by molar-refractivity contribution is 0.190. The van der Waals surface area contributed by atoms with E-state index >= 15 is 0 Å². The van der Waals surface area contributed by atoms with Gasteiger partial charge >= 0.3 is 0 Å². The highest BCUT2D eigenvalue weighted by Gasteiger charge is 2.29. The van der Waals surface area contributed by atoms with E-state index in [4.69, 9.17) is 0 Å². The maximum atomic E-state index is 3.90. The number of hydrogen-bond donors (Lipinski definition) is 1. The van der Waals surface area contributed by atoms with Crippen LogP contribution in [0.2, 0.25) is 0 Å². The summed E-state index contributed by atoms with van der Waals surface area (Å²) in [5, 5.41) is 3.90. The molecule has 94 valence electrons. The van der Waals surface area contributed by atoms with Crippen molar-refractivity contribution in [3.05, 3.63) is 0 Å². The quantitative estimate of drug-likeness (QED) is 0.759. The summed E-state index contributed by atoms with van der Waals surface area (Å²) >= 11 is 0. The Morgan fingerprint density at radius 2 is 1.56 bits per heavy atom. The van der Waals surface area contributed by atoms with Crippen molar-refractivity contribution in [2.45, 2.75) is 84.2 Å². The Bertz CT molecular complexity index is 205. The minimum atomic E-state index is 0.606. The summed E-state index contributed by atoms with van der Waals surface area (Å²) in [5.41, 5.74) is 0.606. The Morgan fingerprint density at radius 3 is 2.12 bits per heavy atom.